The summed E-state index contributed by atoms with van der Waals surface area (Å²) in [5, 5.41) is 14.7. The molecule has 1 aliphatic rings. The van der Waals surface area contributed by atoms with Gasteiger partial charge in [-0.3, -0.25) is 0 Å². The van der Waals surface area contributed by atoms with Crippen LogP contribution in [0.4, 0.5) is 18.0 Å². The fourth-order valence-electron chi connectivity index (χ4n) is 2.68. The lowest BCUT2D eigenvalue weighted by atomic mass is 9.75. The first-order valence-electron chi connectivity index (χ1n) is 7.68. The molecule has 0 unspecified atom stereocenters. The number of benzene rings is 1. The highest BCUT2D eigenvalue weighted by atomic mass is 19.4. The molecule has 0 saturated heterocycles. The van der Waals surface area contributed by atoms with Crippen molar-refractivity contribution in [1.29, 1.82) is 0 Å². The minimum atomic E-state index is -4.35. The molecule has 1 fully saturated rings. The van der Waals surface area contributed by atoms with E-state index in [9.17, 15) is 23.1 Å². The summed E-state index contributed by atoms with van der Waals surface area (Å²) in [6, 6.07) is 4.82. The Bertz CT molecular complexity index is 560. The third-order valence-corrected chi connectivity index (χ3v) is 4.02. The molecule has 5 nitrogen and oxygen atoms in total. The fourth-order valence-corrected chi connectivity index (χ4v) is 2.68. The van der Waals surface area contributed by atoms with Gasteiger partial charge < -0.3 is 20.5 Å². The molecule has 0 aromatic heterocycles. The normalized spacial score (nSPS) is 21.7. The molecule has 24 heavy (non-hydrogen) atoms. The molecule has 1 aromatic rings. The summed E-state index contributed by atoms with van der Waals surface area (Å²) >= 11 is 0. The molecule has 0 heterocycles. The monoisotopic (exact) mass is 346 g/mol. The van der Waals surface area contributed by atoms with Crippen molar-refractivity contribution >= 4 is 6.03 Å². The number of aliphatic hydroxyl groups is 1. The Morgan fingerprint density at radius 3 is 2.75 bits per heavy atom. The average molecular weight is 346 g/mol. The molecule has 0 aliphatic heterocycles. The first-order chi connectivity index (χ1) is 11.3. The van der Waals surface area contributed by atoms with E-state index in [1.807, 2.05) is 0 Å². The second kappa shape index (κ2) is 7.85. The van der Waals surface area contributed by atoms with Crippen molar-refractivity contribution in [2.24, 2.45) is 0 Å². The number of alkyl halides is 3. The SMILES string of the molecule is COC[C@@H](O)CNC(=O)NC1CC(c2cccc(C(F)(F)F)c2)C1. The van der Waals surface area contributed by atoms with Crippen LogP contribution in [0.3, 0.4) is 0 Å². The summed E-state index contributed by atoms with van der Waals surface area (Å²) in [4.78, 5) is 11.7. The van der Waals surface area contributed by atoms with Crippen molar-refractivity contribution in [3.05, 3.63) is 35.4 Å². The van der Waals surface area contributed by atoms with Gasteiger partial charge in [0.25, 0.3) is 0 Å². The fraction of sp³-hybridized carbons (Fsp3) is 0.562. The molecule has 0 bridgehead atoms. The van der Waals surface area contributed by atoms with E-state index in [0.717, 1.165) is 6.07 Å². The number of carbonyl (C=O) groups excluding carboxylic acids is 1. The molecular weight excluding hydrogens is 325 g/mol. The van der Waals surface area contributed by atoms with Gasteiger partial charge in [0.1, 0.15) is 0 Å². The van der Waals surface area contributed by atoms with Crippen LogP contribution in [0.5, 0.6) is 0 Å². The molecule has 0 radical (unpaired) electrons. The number of urea groups is 1. The molecule has 3 N–H and O–H groups in total. The van der Waals surface area contributed by atoms with Gasteiger partial charge in [0.2, 0.25) is 0 Å². The molecule has 2 amide bonds. The average Bonchev–Trinajstić information content (AvgIpc) is 2.48. The number of carbonyl (C=O) groups is 1. The van der Waals surface area contributed by atoms with Gasteiger partial charge in [0.15, 0.2) is 0 Å². The lowest BCUT2D eigenvalue weighted by Gasteiger charge is -2.36. The lowest BCUT2D eigenvalue weighted by Crippen LogP contribution is -2.49. The van der Waals surface area contributed by atoms with Gasteiger partial charge in [0.05, 0.1) is 18.3 Å². The number of nitrogens with one attached hydrogen (secondary N) is 2. The van der Waals surface area contributed by atoms with Crippen molar-refractivity contribution in [2.45, 2.75) is 37.1 Å². The van der Waals surface area contributed by atoms with Gasteiger partial charge in [-0.25, -0.2) is 4.79 Å². The zero-order valence-corrected chi connectivity index (χ0v) is 13.3. The smallest absolute Gasteiger partial charge is 0.389 e. The molecule has 1 aromatic carbocycles. The Hall–Kier alpha value is -1.80. The summed E-state index contributed by atoms with van der Waals surface area (Å²) in [5.41, 5.74) is -0.0138. The molecule has 2 rings (SSSR count). The molecule has 0 spiro atoms. The van der Waals surface area contributed by atoms with Gasteiger partial charge >= 0.3 is 12.2 Å². The first kappa shape index (κ1) is 18.5. The van der Waals surface area contributed by atoms with Gasteiger partial charge in [0, 0.05) is 19.7 Å². The van der Waals surface area contributed by atoms with Crippen LogP contribution in [0.2, 0.25) is 0 Å². The van der Waals surface area contributed by atoms with Crippen LogP contribution in [-0.4, -0.2) is 43.5 Å². The van der Waals surface area contributed by atoms with E-state index in [1.54, 1.807) is 6.07 Å². The highest BCUT2D eigenvalue weighted by Gasteiger charge is 2.34. The molecule has 1 aliphatic carbocycles. The highest BCUT2D eigenvalue weighted by molar-refractivity contribution is 5.74. The Kier molecular flexibility index (Phi) is 6.06. The highest BCUT2D eigenvalue weighted by Crippen LogP contribution is 2.39. The number of hydrogen-bond donors (Lipinski definition) is 3. The third-order valence-electron chi connectivity index (χ3n) is 4.02. The quantitative estimate of drug-likeness (QED) is 0.740. The van der Waals surface area contributed by atoms with Gasteiger partial charge in [-0.05, 0) is 30.4 Å². The van der Waals surface area contributed by atoms with E-state index < -0.39 is 23.9 Å². The van der Waals surface area contributed by atoms with Gasteiger partial charge in [-0.1, -0.05) is 18.2 Å². The summed E-state index contributed by atoms with van der Waals surface area (Å²) in [6.07, 6.45) is -3.94. The van der Waals surface area contributed by atoms with Crippen molar-refractivity contribution in [3.63, 3.8) is 0 Å². The van der Waals surface area contributed by atoms with E-state index in [1.165, 1.54) is 19.2 Å². The van der Waals surface area contributed by atoms with E-state index >= 15 is 0 Å². The topological polar surface area (TPSA) is 70.6 Å². The molecule has 8 heteroatoms. The minimum Gasteiger partial charge on any atom is -0.389 e. The zero-order chi connectivity index (χ0) is 17.7. The van der Waals surface area contributed by atoms with Crippen LogP contribution in [0.1, 0.15) is 29.9 Å². The van der Waals surface area contributed by atoms with E-state index in [2.05, 4.69) is 10.6 Å². The molecule has 1 atom stereocenters. The van der Waals surface area contributed by atoms with Crippen LogP contribution < -0.4 is 10.6 Å². The van der Waals surface area contributed by atoms with Gasteiger partial charge in [-0.2, -0.15) is 13.2 Å². The van der Waals surface area contributed by atoms with Crippen LogP contribution >= 0.6 is 0 Å². The van der Waals surface area contributed by atoms with Crippen LogP contribution in [0.15, 0.2) is 24.3 Å². The Balaban J connectivity index is 1.76. The maximum Gasteiger partial charge on any atom is 0.416 e. The van der Waals surface area contributed by atoms with Crippen molar-refractivity contribution in [3.8, 4) is 0 Å². The van der Waals surface area contributed by atoms with E-state index in [-0.39, 0.29) is 25.1 Å². The Labute approximate surface area is 138 Å². The lowest BCUT2D eigenvalue weighted by molar-refractivity contribution is -0.137. The standard InChI is InChI=1S/C16H21F3N2O3/c1-24-9-14(22)8-20-15(23)21-13-6-11(7-13)10-3-2-4-12(5-10)16(17,18)19/h2-5,11,13-14,22H,6-9H2,1H3,(H2,20,21,23)/t11?,13?,14-/m0/s1. The van der Waals surface area contributed by atoms with E-state index in [0.29, 0.717) is 18.4 Å². The molecule has 134 valence electrons. The van der Waals surface area contributed by atoms with Crippen LogP contribution in [0.25, 0.3) is 0 Å². The summed E-state index contributed by atoms with van der Waals surface area (Å²) in [7, 11) is 1.45. The number of hydrogen-bond acceptors (Lipinski definition) is 3. The largest absolute Gasteiger partial charge is 0.416 e. The first-order valence-corrected chi connectivity index (χ1v) is 7.68. The number of rotatable bonds is 6. The summed E-state index contributed by atoms with van der Waals surface area (Å²) < 4.78 is 42.9. The zero-order valence-electron chi connectivity index (χ0n) is 13.3. The third kappa shape index (κ3) is 5.10. The van der Waals surface area contributed by atoms with Crippen molar-refractivity contribution in [2.75, 3.05) is 20.3 Å². The number of amides is 2. The second-order valence-electron chi connectivity index (χ2n) is 5.95. The van der Waals surface area contributed by atoms with Crippen LogP contribution in [-0.2, 0) is 10.9 Å². The predicted molar refractivity (Wildman–Crippen MR) is 81.6 cm³/mol. The number of aliphatic hydroxyl groups excluding tert-OH is 1. The van der Waals surface area contributed by atoms with Crippen LogP contribution in [0, 0.1) is 0 Å². The Morgan fingerprint density at radius 1 is 1.42 bits per heavy atom. The number of halogens is 3. The number of methoxy groups -OCH3 is 1. The maximum atomic E-state index is 12.7. The van der Waals surface area contributed by atoms with E-state index in [4.69, 9.17) is 4.74 Å². The second-order valence-corrected chi connectivity index (χ2v) is 5.95. The molecular formula is C16H21F3N2O3. The maximum absolute atomic E-state index is 12.7. The summed E-state index contributed by atoms with van der Waals surface area (Å²) in [6.45, 7) is 0.199. The predicted octanol–water partition coefficient (Wildman–Crippen LogP) is 2.26. The number of ether oxygens (including phenoxy) is 1. The molecule has 1 saturated carbocycles. The Morgan fingerprint density at radius 2 is 2.12 bits per heavy atom. The summed E-state index contributed by atoms with van der Waals surface area (Å²) in [5.74, 6) is 0.0108. The van der Waals surface area contributed by atoms with Crippen molar-refractivity contribution < 1.29 is 27.8 Å². The van der Waals surface area contributed by atoms with Gasteiger partial charge in [-0.15, -0.1) is 0 Å². The van der Waals surface area contributed by atoms with Crippen molar-refractivity contribution in [1.82, 2.24) is 10.6 Å². The minimum absolute atomic E-state index is 0.0108.